The Morgan fingerprint density at radius 2 is 1.89 bits per heavy atom. The SMILES string of the molecule is CCC(N1CCc2cc(C(=O)NO)cc(F)c2C1)C12CC3CC(CC(C3)C1)C2. The minimum atomic E-state index is -0.649. The van der Waals surface area contributed by atoms with E-state index < -0.39 is 5.91 Å². The molecule has 1 aromatic carbocycles. The second-order valence-corrected chi connectivity index (χ2v) is 9.96. The third-order valence-corrected chi connectivity index (χ3v) is 8.30. The number of hydrogen-bond acceptors (Lipinski definition) is 3. The van der Waals surface area contributed by atoms with E-state index in [1.54, 1.807) is 11.5 Å². The molecule has 4 bridgehead atoms. The Bertz CT molecular complexity index is 758. The van der Waals surface area contributed by atoms with Crippen LogP contribution in [-0.4, -0.2) is 28.6 Å². The Kier molecular flexibility index (Phi) is 4.51. The monoisotopic (exact) mass is 386 g/mol. The van der Waals surface area contributed by atoms with Crippen molar-refractivity contribution in [1.29, 1.82) is 0 Å². The molecular formula is C23H31FN2O2. The zero-order valence-corrected chi connectivity index (χ0v) is 16.7. The average Bonchev–Trinajstić information content (AvgIpc) is 2.67. The van der Waals surface area contributed by atoms with Crippen LogP contribution in [0.4, 0.5) is 4.39 Å². The number of carbonyl (C=O) groups excluding carboxylic acids is 1. The molecule has 4 fully saturated rings. The molecule has 1 heterocycles. The normalized spacial score (nSPS) is 34.9. The molecular weight excluding hydrogens is 355 g/mol. The second-order valence-electron chi connectivity index (χ2n) is 9.96. The number of fused-ring (bicyclic) bond motifs is 1. The fraction of sp³-hybridized carbons (Fsp3) is 0.696. The van der Waals surface area contributed by atoms with Gasteiger partial charge in [-0.2, -0.15) is 0 Å². The molecule has 1 aromatic rings. The Hall–Kier alpha value is -1.46. The van der Waals surface area contributed by atoms with Crippen LogP contribution >= 0.6 is 0 Å². The third-order valence-electron chi connectivity index (χ3n) is 8.30. The minimum Gasteiger partial charge on any atom is -0.295 e. The van der Waals surface area contributed by atoms with Crippen molar-refractivity contribution in [1.82, 2.24) is 10.4 Å². The van der Waals surface area contributed by atoms with Gasteiger partial charge in [0.1, 0.15) is 5.82 Å². The maximum atomic E-state index is 14.8. The number of nitrogens with zero attached hydrogens (tertiary/aromatic N) is 1. The first-order valence-corrected chi connectivity index (χ1v) is 11.0. The van der Waals surface area contributed by atoms with E-state index >= 15 is 0 Å². The Morgan fingerprint density at radius 3 is 2.46 bits per heavy atom. The summed E-state index contributed by atoms with van der Waals surface area (Å²) < 4.78 is 14.8. The molecule has 1 atom stereocenters. The van der Waals surface area contributed by atoms with E-state index in [0.717, 1.165) is 48.3 Å². The highest BCUT2D eigenvalue weighted by atomic mass is 19.1. The molecule has 0 saturated heterocycles. The smallest absolute Gasteiger partial charge is 0.274 e. The zero-order valence-electron chi connectivity index (χ0n) is 16.7. The summed E-state index contributed by atoms with van der Waals surface area (Å²) in [6, 6.07) is 3.54. The lowest BCUT2D eigenvalue weighted by molar-refractivity contribution is -0.105. The molecule has 6 rings (SSSR count). The van der Waals surface area contributed by atoms with Gasteiger partial charge in [0.15, 0.2) is 0 Å². The summed E-state index contributed by atoms with van der Waals surface area (Å²) in [6.45, 7) is 3.88. The molecule has 4 saturated carbocycles. The molecule has 5 heteroatoms. The molecule has 1 aliphatic heterocycles. The Morgan fingerprint density at radius 1 is 1.25 bits per heavy atom. The Labute approximate surface area is 166 Å². The summed E-state index contributed by atoms with van der Waals surface area (Å²) in [7, 11) is 0. The molecule has 4 aliphatic carbocycles. The summed E-state index contributed by atoms with van der Waals surface area (Å²) >= 11 is 0. The number of rotatable bonds is 4. The van der Waals surface area contributed by atoms with Gasteiger partial charge in [-0.3, -0.25) is 14.9 Å². The van der Waals surface area contributed by atoms with Crippen molar-refractivity contribution >= 4 is 5.91 Å². The molecule has 28 heavy (non-hydrogen) atoms. The standard InChI is InChI=1S/C23H31FN2O2/c1-2-21(23-10-14-5-15(11-23)7-16(6-14)12-23)26-4-3-17-8-18(22(27)25-28)9-20(24)19(17)13-26/h8-9,14-16,21,28H,2-7,10-13H2,1H3,(H,25,27). The van der Waals surface area contributed by atoms with E-state index in [2.05, 4.69) is 11.8 Å². The zero-order chi connectivity index (χ0) is 19.5. The number of benzene rings is 1. The van der Waals surface area contributed by atoms with Crippen LogP contribution in [0.1, 0.15) is 73.4 Å². The van der Waals surface area contributed by atoms with Gasteiger partial charge in [0.25, 0.3) is 5.91 Å². The highest BCUT2D eigenvalue weighted by Gasteiger charge is 2.54. The van der Waals surface area contributed by atoms with E-state index in [4.69, 9.17) is 5.21 Å². The number of nitrogens with one attached hydrogen (secondary N) is 1. The van der Waals surface area contributed by atoms with Crippen LogP contribution in [0, 0.1) is 29.0 Å². The van der Waals surface area contributed by atoms with Gasteiger partial charge in [0.2, 0.25) is 0 Å². The molecule has 1 unspecified atom stereocenters. The molecule has 1 amide bonds. The van der Waals surface area contributed by atoms with Crippen LogP contribution in [0.25, 0.3) is 0 Å². The predicted octanol–water partition coefficient (Wildman–Crippen LogP) is 4.30. The summed E-state index contributed by atoms with van der Waals surface area (Å²) in [5.41, 5.74) is 3.90. The van der Waals surface area contributed by atoms with Gasteiger partial charge in [0.05, 0.1) is 0 Å². The lowest BCUT2D eigenvalue weighted by atomic mass is 9.47. The molecule has 5 aliphatic rings. The maximum absolute atomic E-state index is 14.8. The molecule has 0 aromatic heterocycles. The molecule has 2 N–H and O–H groups in total. The van der Waals surface area contributed by atoms with E-state index in [0.29, 0.717) is 18.0 Å². The molecule has 4 nitrogen and oxygen atoms in total. The van der Waals surface area contributed by atoms with Gasteiger partial charge in [-0.15, -0.1) is 0 Å². The topological polar surface area (TPSA) is 52.6 Å². The summed E-state index contributed by atoms with van der Waals surface area (Å²) in [5.74, 6) is 1.81. The molecule has 0 spiro atoms. The van der Waals surface area contributed by atoms with Gasteiger partial charge < -0.3 is 0 Å². The molecule has 0 radical (unpaired) electrons. The van der Waals surface area contributed by atoms with Crippen LogP contribution in [0.2, 0.25) is 0 Å². The fourth-order valence-electron chi connectivity index (χ4n) is 7.77. The van der Waals surface area contributed by atoms with Gasteiger partial charge in [-0.1, -0.05) is 6.92 Å². The van der Waals surface area contributed by atoms with Crippen LogP contribution in [0.3, 0.4) is 0 Å². The van der Waals surface area contributed by atoms with E-state index in [-0.39, 0.29) is 11.4 Å². The average molecular weight is 387 g/mol. The van der Waals surface area contributed by atoms with Crippen molar-refractivity contribution in [3.8, 4) is 0 Å². The van der Waals surface area contributed by atoms with Crippen molar-refractivity contribution in [3.63, 3.8) is 0 Å². The lowest BCUT2D eigenvalue weighted by Crippen LogP contribution is -2.57. The molecule has 152 valence electrons. The summed E-state index contributed by atoms with van der Waals surface area (Å²) in [5, 5.41) is 8.85. The first-order chi connectivity index (χ1) is 13.5. The fourth-order valence-corrected chi connectivity index (χ4v) is 7.77. The van der Waals surface area contributed by atoms with Crippen LogP contribution in [0.15, 0.2) is 12.1 Å². The highest BCUT2D eigenvalue weighted by molar-refractivity contribution is 5.93. The van der Waals surface area contributed by atoms with Gasteiger partial charge in [-0.05, 0) is 92.2 Å². The minimum absolute atomic E-state index is 0.195. The van der Waals surface area contributed by atoms with Crippen molar-refractivity contribution < 1.29 is 14.4 Å². The number of halogens is 1. The Balaban J connectivity index is 1.41. The largest absolute Gasteiger partial charge is 0.295 e. The number of hydrogen-bond donors (Lipinski definition) is 2. The quantitative estimate of drug-likeness (QED) is 0.599. The van der Waals surface area contributed by atoms with Gasteiger partial charge in [0, 0.05) is 30.3 Å². The van der Waals surface area contributed by atoms with Crippen LogP contribution in [-0.2, 0) is 13.0 Å². The number of hydroxylamine groups is 1. The highest BCUT2D eigenvalue weighted by Crippen LogP contribution is 2.62. The maximum Gasteiger partial charge on any atom is 0.274 e. The van der Waals surface area contributed by atoms with Crippen molar-refractivity contribution in [3.05, 3.63) is 34.6 Å². The van der Waals surface area contributed by atoms with Gasteiger partial charge >= 0.3 is 0 Å². The van der Waals surface area contributed by atoms with Crippen molar-refractivity contribution in [2.24, 2.45) is 23.2 Å². The summed E-state index contributed by atoms with van der Waals surface area (Å²) in [4.78, 5) is 14.2. The first-order valence-electron chi connectivity index (χ1n) is 11.0. The van der Waals surface area contributed by atoms with Crippen LogP contribution in [0.5, 0.6) is 0 Å². The number of carbonyl (C=O) groups is 1. The number of amides is 1. The van der Waals surface area contributed by atoms with Crippen molar-refractivity contribution in [2.45, 2.75) is 70.9 Å². The third kappa shape index (κ3) is 2.89. The lowest BCUT2D eigenvalue weighted by Gasteiger charge is -2.61. The van der Waals surface area contributed by atoms with Crippen molar-refractivity contribution in [2.75, 3.05) is 6.54 Å². The second kappa shape index (κ2) is 6.81. The van der Waals surface area contributed by atoms with E-state index in [1.807, 2.05) is 0 Å². The van der Waals surface area contributed by atoms with Crippen LogP contribution < -0.4 is 5.48 Å². The predicted molar refractivity (Wildman–Crippen MR) is 104 cm³/mol. The van der Waals surface area contributed by atoms with E-state index in [1.165, 1.54) is 44.6 Å². The van der Waals surface area contributed by atoms with E-state index in [9.17, 15) is 9.18 Å². The first kappa shape index (κ1) is 18.6. The van der Waals surface area contributed by atoms with Gasteiger partial charge in [-0.25, -0.2) is 9.87 Å². The summed E-state index contributed by atoms with van der Waals surface area (Å²) in [6.07, 6.45) is 10.4.